The summed E-state index contributed by atoms with van der Waals surface area (Å²) in [5.41, 5.74) is 3.12. The van der Waals surface area contributed by atoms with E-state index in [-0.39, 0.29) is 6.03 Å². The highest BCUT2D eigenvalue weighted by molar-refractivity contribution is 5.89. The van der Waals surface area contributed by atoms with Crippen LogP contribution in [0.3, 0.4) is 0 Å². The fraction of sp³-hybridized carbons (Fsp3) is 0.118. The molecule has 0 aliphatic rings. The Morgan fingerprint density at radius 1 is 1.05 bits per heavy atom. The molecular formula is C17H17N3O. The van der Waals surface area contributed by atoms with Crippen LogP contribution >= 0.6 is 0 Å². The first-order valence-electron chi connectivity index (χ1n) is 6.97. The molecule has 0 aliphatic carbocycles. The molecule has 3 N–H and O–H groups in total. The second kappa shape index (κ2) is 6.13. The van der Waals surface area contributed by atoms with Crippen molar-refractivity contribution < 1.29 is 4.79 Å². The van der Waals surface area contributed by atoms with Gasteiger partial charge in [-0.25, -0.2) is 4.79 Å². The molecule has 0 spiro atoms. The van der Waals surface area contributed by atoms with Crippen molar-refractivity contribution in [1.82, 2.24) is 10.3 Å². The number of amides is 2. The third-order valence-electron chi connectivity index (χ3n) is 3.35. The number of benzene rings is 2. The summed E-state index contributed by atoms with van der Waals surface area (Å²) in [6.07, 6.45) is 2.73. The zero-order valence-electron chi connectivity index (χ0n) is 11.6. The van der Waals surface area contributed by atoms with Crippen molar-refractivity contribution in [3.8, 4) is 0 Å². The standard InChI is InChI=1S/C17H17N3O/c21-17(20-15-4-2-1-3-5-15)19-10-8-13-6-7-14-9-11-18-16(14)12-13/h1-7,9,11-12,18H,8,10H2,(H2,19,20,21). The molecule has 2 aromatic carbocycles. The van der Waals surface area contributed by atoms with Crippen LogP contribution in [-0.2, 0) is 6.42 Å². The molecule has 0 saturated carbocycles. The molecule has 4 heteroatoms. The third kappa shape index (κ3) is 3.42. The molecule has 3 rings (SSSR count). The van der Waals surface area contributed by atoms with Crippen LogP contribution < -0.4 is 10.6 Å². The summed E-state index contributed by atoms with van der Waals surface area (Å²) in [6.45, 7) is 0.602. The van der Waals surface area contributed by atoms with E-state index in [4.69, 9.17) is 0 Å². The van der Waals surface area contributed by atoms with Gasteiger partial charge in [0.2, 0.25) is 0 Å². The van der Waals surface area contributed by atoms with Crippen molar-refractivity contribution in [3.05, 3.63) is 66.4 Å². The Morgan fingerprint density at radius 2 is 1.90 bits per heavy atom. The molecule has 0 unspecified atom stereocenters. The molecule has 106 valence electrons. The summed E-state index contributed by atoms with van der Waals surface area (Å²) >= 11 is 0. The molecule has 0 saturated heterocycles. The van der Waals surface area contributed by atoms with E-state index in [2.05, 4.69) is 33.8 Å². The predicted octanol–water partition coefficient (Wildman–Crippen LogP) is 3.53. The average molecular weight is 279 g/mol. The van der Waals surface area contributed by atoms with Crippen molar-refractivity contribution in [2.75, 3.05) is 11.9 Å². The van der Waals surface area contributed by atoms with Gasteiger partial charge < -0.3 is 15.6 Å². The molecule has 0 aliphatic heterocycles. The normalized spacial score (nSPS) is 10.5. The Morgan fingerprint density at radius 3 is 2.76 bits per heavy atom. The number of fused-ring (bicyclic) bond motifs is 1. The summed E-state index contributed by atoms with van der Waals surface area (Å²) in [4.78, 5) is 14.9. The van der Waals surface area contributed by atoms with Gasteiger partial charge in [-0.3, -0.25) is 0 Å². The lowest BCUT2D eigenvalue weighted by molar-refractivity contribution is 0.252. The van der Waals surface area contributed by atoms with Crippen LogP contribution in [0.4, 0.5) is 10.5 Å². The summed E-state index contributed by atoms with van der Waals surface area (Å²) < 4.78 is 0. The molecule has 0 fully saturated rings. The van der Waals surface area contributed by atoms with Crippen LogP contribution in [0.1, 0.15) is 5.56 Å². The lowest BCUT2D eigenvalue weighted by Crippen LogP contribution is -2.30. The van der Waals surface area contributed by atoms with E-state index in [1.807, 2.05) is 42.6 Å². The third-order valence-corrected chi connectivity index (χ3v) is 3.35. The summed E-state index contributed by atoms with van der Waals surface area (Å²) in [6, 6.07) is 17.6. The Hall–Kier alpha value is -2.75. The molecule has 2 amide bonds. The second-order valence-corrected chi connectivity index (χ2v) is 4.90. The molecule has 0 atom stereocenters. The highest BCUT2D eigenvalue weighted by atomic mass is 16.2. The predicted molar refractivity (Wildman–Crippen MR) is 85.5 cm³/mol. The van der Waals surface area contributed by atoms with Gasteiger partial charge in [0.1, 0.15) is 0 Å². The molecule has 21 heavy (non-hydrogen) atoms. The number of carbonyl (C=O) groups excluding carboxylic acids is 1. The minimum absolute atomic E-state index is 0.179. The number of carbonyl (C=O) groups is 1. The lowest BCUT2D eigenvalue weighted by Gasteiger charge is -2.07. The van der Waals surface area contributed by atoms with Gasteiger partial charge in [-0.2, -0.15) is 0 Å². The van der Waals surface area contributed by atoms with Crippen molar-refractivity contribution in [3.63, 3.8) is 0 Å². The second-order valence-electron chi connectivity index (χ2n) is 4.90. The van der Waals surface area contributed by atoms with Gasteiger partial charge in [0.25, 0.3) is 0 Å². The van der Waals surface area contributed by atoms with E-state index in [0.29, 0.717) is 6.54 Å². The van der Waals surface area contributed by atoms with E-state index >= 15 is 0 Å². The van der Waals surface area contributed by atoms with Crippen molar-refractivity contribution >= 4 is 22.6 Å². The Kier molecular flexibility index (Phi) is 3.87. The molecule has 0 bridgehead atoms. The summed E-state index contributed by atoms with van der Waals surface area (Å²) in [7, 11) is 0. The van der Waals surface area contributed by atoms with Gasteiger partial charge in [0.15, 0.2) is 0 Å². The van der Waals surface area contributed by atoms with Crippen molar-refractivity contribution in [2.45, 2.75) is 6.42 Å². The van der Waals surface area contributed by atoms with E-state index in [1.54, 1.807) is 0 Å². The summed E-state index contributed by atoms with van der Waals surface area (Å²) in [5, 5.41) is 6.86. The Labute approximate surface area is 123 Å². The number of anilines is 1. The maximum Gasteiger partial charge on any atom is 0.319 e. The van der Waals surface area contributed by atoms with Gasteiger partial charge in [0.05, 0.1) is 0 Å². The largest absolute Gasteiger partial charge is 0.361 e. The van der Waals surface area contributed by atoms with E-state index in [1.165, 1.54) is 10.9 Å². The Balaban J connectivity index is 1.50. The monoisotopic (exact) mass is 279 g/mol. The molecule has 3 aromatic rings. The van der Waals surface area contributed by atoms with Gasteiger partial charge >= 0.3 is 6.03 Å². The van der Waals surface area contributed by atoms with Crippen LogP contribution in [-0.4, -0.2) is 17.6 Å². The van der Waals surface area contributed by atoms with E-state index in [0.717, 1.165) is 17.6 Å². The van der Waals surface area contributed by atoms with Crippen LogP contribution in [0.25, 0.3) is 10.9 Å². The fourth-order valence-corrected chi connectivity index (χ4v) is 2.27. The molecule has 1 aromatic heterocycles. The van der Waals surface area contributed by atoms with E-state index in [9.17, 15) is 4.79 Å². The SMILES string of the molecule is O=C(NCCc1ccc2cc[nH]c2c1)Nc1ccccc1. The van der Waals surface area contributed by atoms with Gasteiger partial charge in [0, 0.05) is 23.9 Å². The van der Waals surface area contributed by atoms with E-state index < -0.39 is 0 Å². The number of rotatable bonds is 4. The quantitative estimate of drug-likeness (QED) is 0.672. The Bertz CT molecular complexity index is 734. The first-order valence-corrected chi connectivity index (χ1v) is 6.97. The van der Waals surface area contributed by atoms with Gasteiger partial charge in [-0.1, -0.05) is 30.3 Å². The van der Waals surface area contributed by atoms with Gasteiger partial charge in [-0.05, 0) is 41.6 Å². The first-order chi connectivity index (χ1) is 10.3. The smallest absolute Gasteiger partial charge is 0.319 e. The number of aromatic amines is 1. The van der Waals surface area contributed by atoms with Crippen LogP contribution in [0, 0.1) is 0 Å². The van der Waals surface area contributed by atoms with Gasteiger partial charge in [-0.15, -0.1) is 0 Å². The topological polar surface area (TPSA) is 56.9 Å². The molecule has 0 radical (unpaired) electrons. The van der Waals surface area contributed by atoms with Crippen LogP contribution in [0.5, 0.6) is 0 Å². The lowest BCUT2D eigenvalue weighted by atomic mass is 10.1. The summed E-state index contributed by atoms with van der Waals surface area (Å²) in [5.74, 6) is 0. The average Bonchev–Trinajstić information content (AvgIpc) is 2.96. The minimum Gasteiger partial charge on any atom is -0.361 e. The van der Waals surface area contributed by atoms with Crippen molar-refractivity contribution in [1.29, 1.82) is 0 Å². The van der Waals surface area contributed by atoms with Crippen LogP contribution in [0.15, 0.2) is 60.8 Å². The molecular weight excluding hydrogens is 262 g/mol. The number of nitrogens with one attached hydrogen (secondary N) is 3. The van der Waals surface area contributed by atoms with Crippen molar-refractivity contribution in [2.24, 2.45) is 0 Å². The zero-order chi connectivity index (χ0) is 14.5. The highest BCUT2D eigenvalue weighted by Crippen LogP contribution is 2.14. The number of hydrogen-bond donors (Lipinski definition) is 3. The number of aromatic nitrogens is 1. The highest BCUT2D eigenvalue weighted by Gasteiger charge is 2.01. The molecule has 1 heterocycles. The molecule has 4 nitrogen and oxygen atoms in total. The fourth-order valence-electron chi connectivity index (χ4n) is 2.27. The minimum atomic E-state index is -0.179. The zero-order valence-corrected chi connectivity index (χ0v) is 11.6. The van der Waals surface area contributed by atoms with Crippen LogP contribution in [0.2, 0.25) is 0 Å². The number of para-hydroxylation sites is 1. The number of H-pyrrole nitrogens is 1. The maximum absolute atomic E-state index is 11.7. The maximum atomic E-state index is 11.7. The number of urea groups is 1. The first kappa shape index (κ1) is 13.2. The number of hydrogen-bond acceptors (Lipinski definition) is 1.